The number of carbonyl (C=O) groups excluding carboxylic acids is 1. The van der Waals surface area contributed by atoms with E-state index in [0.717, 1.165) is 6.54 Å². The van der Waals surface area contributed by atoms with Crippen molar-refractivity contribution < 1.29 is 4.79 Å². The molecule has 1 rings (SSSR count). The molecule has 0 aromatic carbocycles. The third-order valence-corrected chi connectivity index (χ3v) is 3.13. The first kappa shape index (κ1) is 11.7. The van der Waals surface area contributed by atoms with Gasteiger partial charge < -0.3 is 9.80 Å². The Balaban J connectivity index is 2.54. The first-order valence-corrected chi connectivity index (χ1v) is 5.35. The van der Waals surface area contributed by atoms with Crippen LogP contribution in [-0.2, 0) is 4.79 Å². The molecule has 1 fully saturated rings. The van der Waals surface area contributed by atoms with Gasteiger partial charge in [-0.05, 0) is 47.0 Å². The minimum atomic E-state index is 0.304. The van der Waals surface area contributed by atoms with Crippen molar-refractivity contribution in [2.24, 2.45) is 5.92 Å². The van der Waals surface area contributed by atoms with Gasteiger partial charge >= 0.3 is 0 Å². The highest BCUT2D eigenvalue weighted by Crippen LogP contribution is 2.23. The van der Waals surface area contributed by atoms with Crippen LogP contribution in [-0.4, -0.2) is 55.9 Å². The zero-order valence-corrected chi connectivity index (χ0v) is 9.79. The van der Waals surface area contributed by atoms with E-state index in [1.54, 1.807) is 6.92 Å². The standard InChI is InChI=1S/C11H22N2O/c1-9(14)7-11(12(2)3)10-5-6-13(4)8-10/h10-11H,5-8H2,1-4H3. The molecule has 1 aliphatic heterocycles. The Hall–Kier alpha value is -0.410. The van der Waals surface area contributed by atoms with E-state index in [2.05, 4.69) is 30.9 Å². The Morgan fingerprint density at radius 3 is 2.57 bits per heavy atom. The molecule has 3 heteroatoms. The maximum Gasteiger partial charge on any atom is 0.131 e. The fraction of sp³-hybridized carbons (Fsp3) is 0.909. The van der Waals surface area contributed by atoms with Crippen LogP contribution in [0.5, 0.6) is 0 Å². The quantitative estimate of drug-likeness (QED) is 0.669. The van der Waals surface area contributed by atoms with Gasteiger partial charge in [-0.1, -0.05) is 0 Å². The predicted octanol–water partition coefficient (Wildman–Crippen LogP) is 0.847. The second-order valence-corrected chi connectivity index (χ2v) is 4.75. The first-order chi connectivity index (χ1) is 6.50. The lowest BCUT2D eigenvalue weighted by Crippen LogP contribution is -2.38. The molecule has 14 heavy (non-hydrogen) atoms. The molecule has 0 spiro atoms. The van der Waals surface area contributed by atoms with Crippen LogP contribution in [0.2, 0.25) is 0 Å². The van der Waals surface area contributed by atoms with Gasteiger partial charge in [0.1, 0.15) is 5.78 Å². The monoisotopic (exact) mass is 198 g/mol. The predicted molar refractivity (Wildman–Crippen MR) is 58.4 cm³/mol. The molecule has 0 aromatic rings. The van der Waals surface area contributed by atoms with Crippen molar-refractivity contribution in [3.05, 3.63) is 0 Å². The molecule has 0 N–H and O–H groups in total. The van der Waals surface area contributed by atoms with Gasteiger partial charge in [0.2, 0.25) is 0 Å². The number of carbonyl (C=O) groups is 1. The van der Waals surface area contributed by atoms with E-state index in [0.29, 0.717) is 24.2 Å². The molecule has 0 radical (unpaired) electrons. The van der Waals surface area contributed by atoms with Crippen LogP contribution in [0.1, 0.15) is 19.8 Å². The Morgan fingerprint density at radius 2 is 2.21 bits per heavy atom. The van der Waals surface area contributed by atoms with Crippen molar-refractivity contribution in [1.82, 2.24) is 9.80 Å². The summed E-state index contributed by atoms with van der Waals surface area (Å²) in [6, 6.07) is 0.428. The first-order valence-electron chi connectivity index (χ1n) is 5.35. The van der Waals surface area contributed by atoms with E-state index in [-0.39, 0.29) is 0 Å². The summed E-state index contributed by atoms with van der Waals surface area (Å²) in [5, 5.41) is 0. The highest BCUT2D eigenvalue weighted by molar-refractivity contribution is 5.76. The lowest BCUT2D eigenvalue weighted by atomic mass is 9.94. The molecule has 0 saturated carbocycles. The average molecular weight is 198 g/mol. The summed E-state index contributed by atoms with van der Waals surface area (Å²) in [6.45, 7) is 4.00. The van der Waals surface area contributed by atoms with E-state index < -0.39 is 0 Å². The Morgan fingerprint density at radius 1 is 1.57 bits per heavy atom. The molecule has 2 unspecified atom stereocenters. The van der Waals surface area contributed by atoms with Crippen LogP contribution in [0.15, 0.2) is 0 Å². The van der Waals surface area contributed by atoms with Crippen LogP contribution >= 0.6 is 0 Å². The summed E-state index contributed by atoms with van der Waals surface area (Å²) in [7, 11) is 6.30. The van der Waals surface area contributed by atoms with Crippen LogP contribution in [0, 0.1) is 5.92 Å². The average Bonchev–Trinajstić information content (AvgIpc) is 2.46. The van der Waals surface area contributed by atoms with Crippen LogP contribution < -0.4 is 0 Å². The second kappa shape index (κ2) is 4.89. The van der Waals surface area contributed by atoms with E-state index in [9.17, 15) is 4.79 Å². The number of rotatable bonds is 4. The highest BCUT2D eigenvalue weighted by Gasteiger charge is 2.29. The van der Waals surface area contributed by atoms with Gasteiger partial charge in [0, 0.05) is 19.0 Å². The van der Waals surface area contributed by atoms with Gasteiger partial charge in [0.25, 0.3) is 0 Å². The summed E-state index contributed by atoms with van der Waals surface area (Å²) < 4.78 is 0. The molecule has 82 valence electrons. The lowest BCUT2D eigenvalue weighted by Gasteiger charge is -2.29. The van der Waals surface area contributed by atoms with E-state index in [1.807, 2.05) is 0 Å². The van der Waals surface area contributed by atoms with Crippen molar-refractivity contribution in [3.63, 3.8) is 0 Å². The Kier molecular flexibility index (Phi) is 4.08. The Bertz CT molecular complexity index is 203. The van der Waals surface area contributed by atoms with Crippen LogP contribution in [0.25, 0.3) is 0 Å². The number of Topliss-reactive ketones (excluding diaryl/α,β-unsaturated/α-hetero) is 1. The molecule has 2 atom stereocenters. The van der Waals surface area contributed by atoms with E-state index >= 15 is 0 Å². The van der Waals surface area contributed by atoms with Gasteiger partial charge in [-0.3, -0.25) is 4.79 Å². The maximum atomic E-state index is 11.2. The zero-order valence-electron chi connectivity index (χ0n) is 9.79. The summed E-state index contributed by atoms with van der Waals surface area (Å²) in [6.07, 6.45) is 1.93. The van der Waals surface area contributed by atoms with Crippen molar-refractivity contribution in [3.8, 4) is 0 Å². The molecule has 0 bridgehead atoms. The lowest BCUT2D eigenvalue weighted by molar-refractivity contribution is -0.118. The van der Waals surface area contributed by atoms with Gasteiger partial charge in [-0.15, -0.1) is 0 Å². The smallest absolute Gasteiger partial charge is 0.131 e. The largest absolute Gasteiger partial charge is 0.306 e. The third-order valence-electron chi connectivity index (χ3n) is 3.13. The fourth-order valence-electron chi connectivity index (χ4n) is 2.35. The zero-order chi connectivity index (χ0) is 10.7. The molecule has 3 nitrogen and oxygen atoms in total. The summed E-state index contributed by atoms with van der Waals surface area (Å²) >= 11 is 0. The molecule has 1 heterocycles. The van der Waals surface area contributed by atoms with Crippen molar-refractivity contribution >= 4 is 5.78 Å². The van der Waals surface area contributed by atoms with Crippen molar-refractivity contribution in [2.75, 3.05) is 34.2 Å². The minimum absolute atomic E-state index is 0.304. The minimum Gasteiger partial charge on any atom is -0.306 e. The molecular weight excluding hydrogens is 176 g/mol. The normalized spacial score (nSPS) is 25.6. The number of hydrogen-bond donors (Lipinski definition) is 0. The molecule has 1 aliphatic rings. The summed E-state index contributed by atoms with van der Waals surface area (Å²) in [5.74, 6) is 0.970. The number of hydrogen-bond acceptors (Lipinski definition) is 3. The number of likely N-dealkylation sites (tertiary alicyclic amines) is 1. The van der Waals surface area contributed by atoms with Crippen molar-refractivity contribution in [1.29, 1.82) is 0 Å². The molecule has 0 aromatic heterocycles. The van der Waals surface area contributed by atoms with Crippen LogP contribution in [0.4, 0.5) is 0 Å². The molecule has 1 saturated heterocycles. The molecular formula is C11H22N2O. The second-order valence-electron chi connectivity index (χ2n) is 4.75. The van der Waals surface area contributed by atoms with Gasteiger partial charge in [-0.2, -0.15) is 0 Å². The van der Waals surface area contributed by atoms with Gasteiger partial charge in [0.15, 0.2) is 0 Å². The van der Waals surface area contributed by atoms with E-state index in [1.165, 1.54) is 13.0 Å². The molecule has 0 aliphatic carbocycles. The van der Waals surface area contributed by atoms with Gasteiger partial charge in [-0.25, -0.2) is 0 Å². The fourth-order valence-corrected chi connectivity index (χ4v) is 2.35. The van der Waals surface area contributed by atoms with Crippen molar-refractivity contribution in [2.45, 2.75) is 25.8 Å². The highest BCUT2D eigenvalue weighted by atomic mass is 16.1. The van der Waals surface area contributed by atoms with Gasteiger partial charge in [0.05, 0.1) is 0 Å². The third kappa shape index (κ3) is 3.07. The maximum absolute atomic E-state index is 11.2. The van der Waals surface area contributed by atoms with E-state index in [4.69, 9.17) is 0 Å². The Labute approximate surface area is 87.1 Å². The molecule has 0 amide bonds. The van der Waals surface area contributed by atoms with Crippen LogP contribution in [0.3, 0.4) is 0 Å². The summed E-state index contributed by atoms with van der Waals surface area (Å²) in [4.78, 5) is 15.7. The topological polar surface area (TPSA) is 23.6 Å². The number of ketones is 1. The number of nitrogens with zero attached hydrogens (tertiary/aromatic N) is 2. The SMILES string of the molecule is CC(=O)CC(C1CCN(C)C1)N(C)C. The summed E-state index contributed by atoms with van der Waals surface area (Å²) in [5.41, 5.74) is 0.